The lowest BCUT2D eigenvalue weighted by Gasteiger charge is -2.07. The van der Waals surface area contributed by atoms with Gasteiger partial charge in [0.2, 0.25) is 0 Å². The summed E-state index contributed by atoms with van der Waals surface area (Å²) in [5.74, 6) is -0.0513. The average molecular weight is 399 g/mol. The first kappa shape index (κ1) is 19.6. The number of esters is 1. The molecule has 3 rings (SSSR count). The summed E-state index contributed by atoms with van der Waals surface area (Å²) in [6.07, 6.45) is 0. The second-order valence-electron chi connectivity index (χ2n) is 5.95. The largest absolute Gasteiger partial charge is 0.497 e. The van der Waals surface area contributed by atoms with Gasteiger partial charge in [-0.05, 0) is 49.4 Å². The number of carbonyl (C=O) groups excluding carboxylic acids is 2. The maximum absolute atomic E-state index is 12.7. The molecule has 0 aliphatic heterocycles. The van der Waals surface area contributed by atoms with Crippen LogP contribution in [0.3, 0.4) is 0 Å². The van der Waals surface area contributed by atoms with Gasteiger partial charge in [0.05, 0.1) is 19.4 Å². The van der Waals surface area contributed by atoms with Gasteiger partial charge in [-0.2, -0.15) is 5.10 Å². The van der Waals surface area contributed by atoms with E-state index in [1.165, 1.54) is 4.68 Å². The lowest BCUT2D eigenvalue weighted by Crippen LogP contribution is -2.18. The maximum Gasteiger partial charge on any atom is 0.356 e. The first-order chi connectivity index (χ1) is 13.5. The second-order valence-corrected chi connectivity index (χ2v) is 6.39. The Balaban J connectivity index is 1.91. The van der Waals surface area contributed by atoms with Crippen LogP contribution in [0.2, 0.25) is 5.02 Å². The van der Waals surface area contributed by atoms with E-state index in [0.29, 0.717) is 22.0 Å². The SMILES string of the molecule is CCOC(=O)c1cc(-c2ccc(Cl)cc2)nn1CC(=O)c1ccc(OC)cc1. The van der Waals surface area contributed by atoms with E-state index in [0.717, 1.165) is 5.56 Å². The Morgan fingerprint density at radius 3 is 2.36 bits per heavy atom. The molecule has 1 aromatic heterocycles. The number of rotatable bonds is 7. The molecule has 0 aliphatic carbocycles. The molecule has 3 aromatic rings. The molecule has 2 aromatic carbocycles. The molecule has 0 fully saturated rings. The molecule has 0 atom stereocenters. The summed E-state index contributed by atoms with van der Waals surface area (Å²) in [4.78, 5) is 25.0. The molecule has 0 amide bonds. The van der Waals surface area contributed by atoms with Gasteiger partial charge < -0.3 is 9.47 Å². The molecular weight excluding hydrogens is 380 g/mol. The summed E-state index contributed by atoms with van der Waals surface area (Å²) < 4.78 is 11.6. The van der Waals surface area contributed by atoms with Crippen molar-refractivity contribution in [1.82, 2.24) is 9.78 Å². The fourth-order valence-corrected chi connectivity index (χ4v) is 2.80. The van der Waals surface area contributed by atoms with Crippen molar-refractivity contribution in [3.8, 4) is 17.0 Å². The topological polar surface area (TPSA) is 70.4 Å². The molecule has 1 heterocycles. The number of ether oxygens (including phenoxy) is 2. The molecule has 0 bridgehead atoms. The lowest BCUT2D eigenvalue weighted by atomic mass is 10.1. The van der Waals surface area contributed by atoms with E-state index in [2.05, 4.69) is 5.10 Å². The summed E-state index contributed by atoms with van der Waals surface area (Å²) in [5, 5.41) is 5.04. The van der Waals surface area contributed by atoms with Gasteiger partial charge in [-0.15, -0.1) is 0 Å². The molecule has 0 N–H and O–H groups in total. The van der Waals surface area contributed by atoms with E-state index in [1.807, 2.05) is 0 Å². The fraction of sp³-hybridized carbons (Fsp3) is 0.190. The van der Waals surface area contributed by atoms with Crippen LogP contribution in [-0.2, 0) is 11.3 Å². The van der Waals surface area contributed by atoms with Crippen LogP contribution in [0.25, 0.3) is 11.3 Å². The number of benzene rings is 2. The van der Waals surface area contributed by atoms with Crippen molar-refractivity contribution >= 4 is 23.4 Å². The second kappa shape index (κ2) is 8.71. The summed E-state index contributed by atoms with van der Waals surface area (Å²) in [6.45, 7) is 1.86. The van der Waals surface area contributed by atoms with Gasteiger partial charge >= 0.3 is 5.97 Å². The predicted molar refractivity (Wildman–Crippen MR) is 106 cm³/mol. The lowest BCUT2D eigenvalue weighted by molar-refractivity contribution is 0.0512. The minimum atomic E-state index is -0.530. The van der Waals surface area contributed by atoms with Crippen molar-refractivity contribution in [2.45, 2.75) is 13.5 Å². The van der Waals surface area contributed by atoms with E-state index in [-0.39, 0.29) is 24.6 Å². The third-order valence-electron chi connectivity index (χ3n) is 4.11. The average Bonchev–Trinajstić information content (AvgIpc) is 3.12. The molecule has 0 saturated carbocycles. The van der Waals surface area contributed by atoms with Crippen molar-refractivity contribution in [3.05, 3.63) is 70.9 Å². The fourth-order valence-electron chi connectivity index (χ4n) is 2.67. The number of carbonyl (C=O) groups is 2. The van der Waals surface area contributed by atoms with Gasteiger partial charge in [0.25, 0.3) is 0 Å². The highest BCUT2D eigenvalue weighted by Crippen LogP contribution is 2.22. The molecule has 7 heteroatoms. The monoisotopic (exact) mass is 398 g/mol. The highest BCUT2D eigenvalue weighted by atomic mass is 35.5. The minimum absolute atomic E-state index is 0.0892. The quantitative estimate of drug-likeness (QED) is 0.439. The van der Waals surface area contributed by atoms with Crippen LogP contribution >= 0.6 is 11.6 Å². The van der Waals surface area contributed by atoms with E-state index in [4.69, 9.17) is 21.1 Å². The zero-order valence-corrected chi connectivity index (χ0v) is 16.3. The van der Waals surface area contributed by atoms with Crippen LogP contribution in [0.4, 0.5) is 0 Å². The number of hydrogen-bond donors (Lipinski definition) is 0. The Hall–Kier alpha value is -3.12. The van der Waals surface area contributed by atoms with E-state index in [9.17, 15) is 9.59 Å². The van der Waals surface area contributed by atoms with Crippen LogP contribution in [0.1, 0.15) is 27.8 Å². The summed E-state index contributed by atoms with van der Waals surface area (Å²) >= 11 is 5.93. The first-order valence-corrected chi connectivity index (χ1v) is 9.07. The van der Waals surface area contributed by atoms with Crippen molar-refractivity contribution in [2.24, 2.45) is 0 Å². The molecule has 0 saturated heterocycles. The number of aromatic nitrogens is 2. The Morgan fingerprint density at radius 1 is 1.07 bits per heavy atom. The third kappa shape index (κ3) is 4.40. The Labute approximate surface area is 167 Å². The number of ketones is 1. The van der Waals surface area contributed by atoms with Crippen LogP contribution in [0.15, 0.2) is 54.6 Å². The van der Waals surface area contributed by atoms with Gasteiger partial charge in [-0.25, -0.2) is 9.48 Å². The molecule has 0 aliphatic rings. The summed E-state index contributed by atoms with van der Waals surface area (Å²) in [5.41, 5.74) is 2.06. The molecule has 0 radical (unpaired) electrons. The number of nitrogens with zero attached hydrogens (tertiary/aromatic N) is 2. The smallest absolute Gasteiger partial charge is 0.356 e. The summed E-state index contributed by atoms with van der Waals surface area (Å²) in [7, 11) is 1.56. The highest BCUT2D eigenvalue weighted by molar-refractivity contribution is 6.30. The zero-order chi connectivity index (χ0) is 20.1. The predicted octanol–water partition coefficient (Wildman–Crippen LogP) is 4.27. The molecule has 28 heavy (non-hydrogen) atoms. The zero-order valence-electron chi connectivity index (χ0n) is 15.5. The highest BCUT2D eigenvalue weighted by Gasteiger charge is 2.20. The molecule has 0 unspecified atom stereocenters. The standard InChI is InChI=1S/C21H19ClN2O4/c1-3-28-21(26)19-12-18(14-4-8-16(22)9-5-14)23-24(19)13-20(25)15-6-10-17(27-2)11-7-15/h4-12H,3,13H2,1-2H3. The molecular formula is C21H19ClN2O4. The van der Waals surface area contributed by atoms with Crippen molar-refractivity contribution < 1.29 is 19.1 Å². The van der Waals surface area contributed by atoms with Crippen LogP contribution < -0.4 is 4.74 Å². The number of hydrogen-bond acceptors (Lipinski definition) is 5. The van der Waals surface area contributed by atoms with Gasteiger partial charge in [-0.1, -0.05) is 23.7 Å². The van der Waals surface area contributed by atoms with Gasteiger partial charge in [0, 0.05) is 16.1 Å². The van der Waals surface area contributed by atoms with Crippen LogP contribution in [-0.4, -0.2) is 35.2 Å². The minimum Gasteiger partial charge on any atom is -0.497 e. The normalized spacial score (nSPS) is 10.5. The molecule has 0 spiro atoms. The van der Waals surface area contributed by atoms with Crippen LogP contribution in [0.5, 0.6) is 5.75 Å². The van der Waals surface area contributed by atoms with Gasteiger partial charge in [0.1, 0.15) is 18.0 Å². The van der Waals surface area contributed by atoms with E-state index in [1.54, 1.807) is 68.6 Å². The Morgan fingerprint density at radius 2 is 1.75 bits per heavy atom. The molecule has 144 valence electrons. The molecule has 6 nitrogen and oxygen atoms in total. The van der Waals surface area contributed by atoms with Gasteiger partial charge in [0.15, 0.2) is 5.78 Å². The van der Waals surface area contributed by atoms with E-state index >= 15 is 0 Å². The first-order valence-electron chi connectivity index (χ1n) is 8.70. The Bertz CT molecular complexity index is 979. The number of Topliss-reactive ketones (excluding diaryl/α,β-unsaturated/α-hetero) is 1. The summed E-state index contributed by atoms with van der Waals surface area (Å²) in [6, 6.07) is 15.5. The maximum atomic E-state index is 12.7. The van der Waals surface area contributed by atoms with Crippen molar-refractivity contribution in [2.75, 3.05) is 13.7 Å². The van der Waals surface area contributed by atoms with Crippen molar-refractivity contribution in [1.29, 1.82) is 0 Å². The van der Waals surface area contributed by atoms with Gasteiger partial charge in [-0.3, -0.25) is 4.79 Å². The van der Waals surface area contributed by atoms with E-state index < -0.39 is 5.97 Å². The van der Waals surface area contributed by atoms with Crippen molar-refractivity contribution in [3.63, 3.8) is 0 Å². The Kier molecular flexibility index (Phi) is 6.11. The third-order valence-corrected chi connectivity index (χ3v) is 4.36. The number of methoxy groups -OCH3 is 1. The van der Waals surface area contributed by atoms with Crippen LogP contribution in [0, 0.1) is 0 Å². The number of halogens is 1.